The summed E-state index contributed by atoms with van der Waals surface area (Å²) in [4.78, 5) is 31.6. The lowest BCUT2D eigenvalue weighted by Gasteiger charge is -2.20. The van der Waals surface area contributed by atoms with Crippen LogP contribution in [0.25, 0.3) is 0 Å². The Morgan fingerprint density at radius 3 is 2.30 bits per heavy atom. The maximum Gasteiger partial charge on any atom is 0.471 e. The summed E-state index contributed by atoms with van der Waals surface area (Å²) in [5.74, 6) is -4.10. The van der Waals surface area contributed by atoms with Crippen LogP contribution in [0, 0.1) is 10.1 Å². The Morgan fingerprint density at radius 2 is 1.90 bits per heavy atom. The molecule has 7 nitrogen and oxygen atoms in total. The van der Waals surface area contributed by atoms with Gasteiger partial charge in [0.05, 0.1) is 10.5 Å². The highest BCUT2D eigenvalue weighted by atomic mass is 19.4. The highest BCUT2D eigenvalue weighted by molar-refractivity contribution is 6.05. The maximum absolute atomic E-state index is 12.3. The van der Waals surface area contributed by atoms with E-state index in [9.17, 15) is 32.9 Å². The average Bonchev–Trinajstić information content (AvgIpc) is 2.34. The zero-order valence-electron chi connectivity index (χ0n) is 9.84. The molecule has 20 heavy (non-hydrogen) atoms. The minimum Gasteiger partial charge on any atom is -0.478 e. The average molecular weight is 292 g/mol. The zero-order chi connectivity index (χ0) is 15.7. The van der Waals surface area contributed by atoms with Gasteiger partial charge in [-0.05, 0) is 6.07 Å². The van der Waals surface area contributed by atoms with Gasteiger partial charge in [-0.2, -0.15) is 13.2 Å². The Bertz CT molecular complexity index is 552. The molecule has 1 amide bonds. The minimum atomic E-state index is -5.28. The van der Waals surface area contributed by atoms with Gasteiger partial charge in [-0.1, -0.05) is 6.07 Å². The van der Waals surface area contributed by atoms with E-state index in [2.05, 4.69) is 0 Å². The molecule has 0 fully saturated rings. The standard InChI is InChI=1S/C10H7F3N2O5/c1-14(9(18)10(11,12)13)7-5(8(16)17)3-2-4-6(7)15(19)20/h2-4H,1H3,(H,16,17). The summed E-state index contributed by atoms with van der Waals surface area (Å²) in [6, 6.07) is 2.67. The van der Waals surface area contributed by atoms with Crippen LogP contribution in [0.3, 0.4) is 0 Å². The molecule has 0 unspecified atom stereocenters. The molecule has 10 heteroatoms. The number of para-hydroxylation sites is 1. The lowest BCUT2D eigenvalue weighted by molar-refractivity contribution is -0.384. The summed E-state index contributed by atoms with van der Waals surface area (Å²) >= 11 is 0. The molecule has 108 valence electrons. The fourth-order valence-corrected chi connectivity index (χ4v) is 1.50. The number of amides is 1. The third-order valence-corrected chi connectivity index (χ3v) is 2.32. The van der Waals surface area contributed by atoms with Gasteiger partial charge in [0.2, 0.25) is 0 Å². The van der Waals surface area contributed by atoms with Crippen LogP contribution >= 0.6 is 0 Å². The van der Waals surface area contributed by atoms with Gasteiger partial charge in [0.25, 0.3) is 5.69 Å². The zero-order valence-corrected chi connectivity index (χ0v) is 9.84. The molecule has 0 saturated carbocycles. The van der Waals surface area contributed by atoms with E-state index in [1.54, 1.807) is 0 Å². The molecular weight excluding hydrogens is 285 g/mol. The van der Waals surface area contributed by atoms with Crippen LogP contribution in [0.15, 0.2) is 18.2 Å². The molecule has 0 aliphatic rings. The summed E-state index contributed by atoms with van der Waals surface area (Å²) in [6.45, 7) is 0. The lowest BCUT2D eigenvalue weighted by Crippen LogP contribution is -2.39. The van der Waals surface area contributed by atoms with Gasteiger partial charge in [0.15, 0.2) is 0 Å². The SMILES string of the molecule is CN(C(=O)C(F)(F)F)c1c(C(=O)O)cccc1[N+](=O)[O-]. The van der Waals surface area contributed by atoms with Crippen LogP contribution in [0.2, 0.25) is 0 Å². The summed E-state index contributed by atoms with van der Waals surface area (Å²) in [5, 5.41) is 19.6. The number of carbonyl (C=O) groups is 2. The number of hydrogen-bond donors (Lipinski definition) is 1. The van der Waals surface area contributed by atoms with Gasteiger partial charge < -0.3 is 10.0 Å². The van der Waals surface area contributed by atoms with Crippen LogP contribution in [-0.2, 0) is 4.79 Å². The van der Waals surface area contributed by atoms with E-state index in [1.165, 1.54) is 0 Å². The van der Waals surface area contributed by atoms with Crippen LogP contribution in [0.4, 0.5) is 24.5 Å². The Morgan fingerprint density at radius 1 is 1.35 bits per heavy atom. The number of nitro benzene ring substituents is 1. The smallest absolute Gasteiger partial charge is 0.471 e. The highest BCUT2D eigenvalue weighted by Crippen LogP contribution is 2.33. The Kier molecular flexibility index (Phi) is 3.97. The van der Waals surface area contributed by atoms with Crippen LogP contribution in [-0.4, -0.2) is 35.1 Å². The lowest BCUT2D eigenvalue weighted by atomic mass is 10.1. The van der Waals surface area contributed by atoms with E-state index in [-0.39, 0.29) is 4.90 Å². The number of rotatable bonds is 3. The molecular formula is C10H7F3N2O5. The number of hydrogen-bond acceptors (Lipinski definition) is 4. The van der Waals surface area contributed by atoms with E-state index >= 15 is 0 Å². The fourth-order valence-electron chi connectivity index (χ4n) is 1.50. The van der Waals surface area contributed by atoms with Crippen LogP contribution < -0.4 is 4.90 Å². The number of alkyl halides is 3. The summed E-state index contributed by atoms with van der Waals surface area (Å²) in [6.07, 6.45) is -5.28. The van der Waals surface area contributed by atoms with Gasteiger partial charge in [-0.3, -0.25) is 14.9 Å². The van der Waals surface area contributed by atoms with Gasteiger partial charge in [-0.15, -0.1) is 0 Å². The van der Waals surface area contributed by atoms with Gasteiger partial charge >= 0.3 is 18.1 Å². The van der Waals surface area contributed by atoms with Gasteiger partial charge in [0.1, 0.15) is 5.69 Å². The number of carbonyl (C=O) groups excluding carboxylic acids is 1. The van der Waals surface area contributed by atoms with Crippen molar-refractivity contribution >= 4 is 23.3 Å². The molecule has 0 radical (unpaired) electrons. The fraction of sp³-hybridized carbons (Fsp3) is 0.200. The summed E-state index contributed by atoms with van der Waals surface area (Å²) in [7, 11) is 0.616. The Labute approximate surface area is 109 Å². The first kappa shape index (κ1) is 15.4. The number of aromatic carboxylic acids is 1. The predicted octanol–water partition coefficient (Wildman–Crippen LogP) is 1.82. The van der Waals surface area contributed by atoms with Gasteiger partial charge in [-0.25, -0.2) is 4.79 Å². The monoisotopic (exact) mass is 292 g/mol. The first-order chi connectivity index (χ1) is 9.07. The normalized spacial score (nSPS) is 11.0. The van der Waals surface area contributed by atoms with Crippen molar-refractivity contribution in [3.8, 4) is 0 Å². The van der Waals surface area contributed by atoms with Crippen LogP contribution in [0.5, 0.6) is 0 Å². The van der Waals surface area contributed by atoms with E-state index < -0.39 is 39.9 Å². The molecule has 0 spiro atoms. The maximum atomic E-state index is 12.3. The van der Waals surface area contributed by atoms with E-state index in [0.29, 0.717) is 7.05 Å². The molecule has 0 atom stereocenters. The Balaban J connectivity index is 3.52. The molecule has 1 aromatic rings. The molecule has 0 saturated heterocycles. The summed E-state index contributed by atoms with van der Waals surface area (Å²) in [5.41, 5.74) is -2.61. The molecule has 1 N–H and O–H groups in total. The number of nitro groups is 1. The molecule has 0 aliphatic carbocycles. The quantitative estimate of drug-likeness (QED) is 0.676. The third kappa shape index (κ3) is 2.84. The molecule has 1 aromatic carbocycles. The van der Waals surface area contributed by atoms with Crippen molar-refractivity contribution < 1.29 is 32.8 Å². The third-order valence-electron chi connectivity index (χ3n) is 2.32. The number of halogens is 3. The molecule has 1 rings (SSSR count). The van der Waals surface area contributed by atoms with Gasteiger partial charge in [0, 0.05) is 13.1 Å². The second-order valence-corrected chi connectivity index (χ2v) is 3.60. The second-order valence-electron chi connectivity index (χ2n) is 3.60. The van der Waals surface area contributed by atoms with Crippen molar-refractivity contribution in [3.63, 3.8) is 0 Å². The highest BCUT2D eigenvalue weighted by Gasteiger charge is 2.44. The second kappa shape index (κ2) is 5.15. The molecule has 0 heterocycles. The number of carboxylic acids is 1. The van der Waals surface area contributed by atoms with Crippen LogP contribution in [0.1, 0.15) is 10.4 Å². The number of benzene rings is 1. The van der Waals surface area contributed by atoms with E-state index in [0.717, 1.165) is 18.2 Å². The van der Waals surface area contributed by atoms with Crippen molar-refractivity contribution in [1.29, 1.82) is 0 Å². The predicted molar refractivity (Wildman–Crippen MR) is 59.5 cm³/mol. The van der Waals surface area contributed by atoms with E-state index in [4.69, 9.17) is 5.11 Å². The topological polar surface area (TPSA) is 101 Å². The van der Waals surface area contributed by atoms with Crippen molar-refractivity contribution in [3.05, 3.63) is 33.9 Å². The molecule has 0 bridgehead atoms. The van der Waals surface area contributed by atoms with E-state index in [1.807, 2.05) is 0 Å². The first-order valence-electron chi connectivity index (χ1n) is 4.93. The van der Waals surface area contributed by atoms with Crippen molar-refractivity contribution in [1.82, 2.24) is 0 Å². The first-order valence-corrected chi connectivity index (χ1v) is 4.93. The molecule has 0 aromatic heterocycles. The van der Waals surface area contributed by atoms with Crippen molar-refractivity contribution in [2.75, 3.05) is 11.9 Å². The number of carboxylic acid groups (broad SMARTS) is 1. The van der Waals surface area contributed by atoms with Crippen molar-refractivity contribution in [2.24, 2.45) is 0 Å². The van der Waals surface area contributed by atoms with Crippen molar-refractivity contribution in [2.45, 2.75) is 6.18 Å². The largest absolute Gasteiger partial charge is 0.478 e. The number of nitrogens with zero attached hydrogens (tertiary/aromatic N) is 2. The molecule has 0 aliphatic heterocycles. The minimum absolute atomic E-state index is 0.0956. The Hall–Kier alpha value is -2.65. The number of anilines is 1. The summed E-state index contributed by atoms with van der Waals surface area (Å²) < 4.78 is 37.0.